The van der Waals surface area contributed by atoms with Crippen LogP contribution in [0.1, 0.15) is 17.2 Å². The highest BCUT2D eigenvalue weighted by Gasteiger charge is 2.24. The highest BCUT2D eigenvalue weighted by atomic mass is 19.1. The number of ether oxygens (including phenoxy) is 2. The maximum Gasteiger partial charge on any atom is 0.309 e. The van der Waals surface area contributed by atoms with Crippen molar-refractivity contribution >= 4 is 11.8 Å². The van der Waals surface area contributed by atoms with E-state index in [0.717, 1.165) is 16.9 Å². The normalized spacial score (nSPS) is 15.3. The number of carbonyl (C=O) groups is 2. The van der Waals surface area contributed by atoms with Crippen molar-refractivity contribution in [1.82, 2.24) is 15.5 Å². The van der Waals surface area contributed by atoms with Gasteiger partial charge in [0.1, 0.15) is 11.6 Å². The summed E-state index contributed by atoms with van der Waals surface area (Å²) >= 11 is 0. The van der Waals surface area contributed by atoms with Crippen molar-refractivity contribution in [3.05, 3.63) is 65.5 Å². The van der Waals surface area contributed by atoms with Crippen LogP contribution in [0.4, 0.5) is 4.39 Å². The number of methoxy groups -OCH3 is 1. The van der Waals surface area contributed by atoms with Crippen molar-refractivity contribution in [2.24, 2.45) is 0 Å². The lowest BCUT2D eigenvalue weighted by Crippen LogP contribution is -2.46. The van der Waals surface area contributed by atoms with E-state index in [-0.39, 0.29) is 24.9 Å². The van der Waals surface area contributed by atoms with Crippen molar-refractivity contribution in [3.8, 4) is 5.75 Å². The number of morpholine rings is 1. The van der Waals surface area contributed by atoms with Crippen molar-refractivity contribution in [3.63, 3.8) is 0 Å². The predicted octanol–water partition coefficient (Wildman–Crippen LogP) is 1.64. The van der Waals surface area contributed by atoms with Gasteiger partial charge in [-0.1, -0.05) is 24.3 Å². The maximum absolute atomic E-state index is 13.3. The maximum atomic E-state index is 13.3. The Morgan fingerprint density at radius 1 is 1.03 bits per heavy atom. The third-order valence-electron chi connectivity index (χ3n) is 5.02. The lowest BCUT2D eigenvalue weighted by Gasteiger charge is -2.34. The van der Waals surface area contributed by atoms with Gasteiger partial charge in [-0.3, -0.25) is 14.5 Å². The molecule has 1 aliphatic heterocycles. The molecule has 0 aliphatic carbocycles. The van der Waals surface area contributed by atoms with Crippen LogP contribution in [0.25, 0.3) is 0 Å². The second-order valence-corrected chi connectivity index (χ2v) is 6.96. The van der Waals surface area contributed by atoms with Gasteiger partial charge in [-0.05, 0) is 35.4 Å². The van der Waals surface area contributed by atoms with Gasteiger partial charge < -0.3 is 20.1 Å². The van der Waals surface area contributed by atoms with Crippen molar-refractivity contribution < 1.29 is 23.5 Å². The number of benzene rings is 2. The zero-order valence-electron chi connectivity index (χ0n) is 16.9. The SMILES string of the molecule is COc1ccc(CNC(=O)C(=O)NCC(c2ccc(F)cc2)N2CCOCC2)cc1. The smallest absolute Gasteiger partial charge is 0.309 e. The van der Waals surface area contributed by atoms with Gasteiger partial charge >= 0.3 is 11.8 Å². The molecule has 0 saturated carbocycles. The second-order valence-electron chi connectivity index (χ2n) is 6.96. The topological polar surface area (TPSA) is 79.9 Å². The van der Waals surface area contributed by atoms with Crippen molar-refractivity contribution in [2.75, 3.05) is 40.0 Å². The first-order valence-corrected chi connectivity index (χ1v) is 9.83. The summed E-state index contributed by atoms with van der Waals surface area (Å²) in [7, 11) is 1.58. The summed E-state index contributed by atoms with van der Waals surface area (Å²) in [6.07, 6.45) is 0. The van der Waals surface area contributed by atoms with Crippen LogP contribution in [0, 0.1) is 5.82 Å². The van der Waals surface area contributed by atoms with Gasteiger partial charge in [-0.25, -0.2) is 4.39 Å². The minimum Gasteiger partial charge on any atom is -0.497 e. The summed E-state index contributed by atoms with van der Waals surface area (Å²) in [5.41, 5.74) is 1.73. The number of carbonyl (C=O) groups excluding carboxylic acids is 2. The molecular weight excluding hydrogens is 389 g/mol. The Balaban J connectivity index is 1.55. The van der Waals surface area contributed by atoms with E-state index in [2.05, 4.69) is 15.5 Å². The number of nitrogens with one attached hydrogen (secondary N) is 2. The Hall–Kier alpha value is -2.97. The first-order chi connectivity index (χ1) is 14.6. The summed E-state index contributed by atoms with van der Waals surface area (Å²) in [5.74, 6) is -1.01. The van der Waals surface area contributed by atoms with E-state index in [9.17, 15) is 14.0 Å². The van der Waals surface area contributed by atoms with E-state index in [1.807, 2.05) is 12.1 Å². The van der Waals surface area contributed by atoms with Gasteiger partial charge in [0, 0.05) is 26.2 Å². The third-order valence-corrected chi connectivity index (χ3v) is 5.02. The van der Waals surface area contributed by atoms with Gasteiger partial charge in [0.2, 0.25) is 0 Å². The summed E-state index contributed by atoms with van der Waals surface area (Å²) < 4.78 is 23.8. The number of amides is 2. The van der Waals surface area contributed by atoms with Crippen LogP contribution in [0.2, 0.25) is 0 Å². The fourth-order valence-electron chi connectivity index (χ4n) is 3.31. The molecule has 30 heavy (non-hydrogen) atoms. The second kappa shape index (κ2) is 10.7. The summed E-state index contributed by atoms with van der Waals surface area (Å²) in [5, 5.41) is 5.31. The summed E-state index contributed by atoms with van der Waals surface area (Å²) in [4.78, 5) is 26.6. The molecule has 0 aromatic heterocycles. The molecule has 1 heterocycles. The minimum atomic E-state index is -0.705. The van der Waals surface area contributed by atoms with E-state index in [1.165, 1.54) is 12.1 Å². The fourth-order valence-corrected chi connectivity index (χ4v) is 3.31. The summed E-state index contributed by atoms with van der Waals surface area (Å²) in [6.45, 7) is 3.05. The van der Waals surface area contributed by atoms with Gasteiger partial charge in [0.05, 0.1) is 26.4 Å². The number of hydrogen-bond acceptors (Lipinski definition) is 5. The molecule has 0 radical (unpaired) electrons. The lowest BCUT2D eigenvalue weighted by atomic mass is 10.0. The van der Waals surface area contributed by atoms with Crippen molar-refractivity contribution in [2.45, 2.75) is 12.6 Å². The largest absolute Gasteiger partial charge is 0.497 e. The molecule has 2 aromatic rings. The molecule has 2 N–H and O–H groups in total. The molecule has 1 fully saturated rings. The Morgan fingerprint density at radius 3 is 2.30 bits per heavy atom. The molecule has 1 aliphatic rings. The number of halogens is 1. The monoisotopic (exact) mass is 415 g/mol. The van der Waals surface area contributed by atoms with Gasteiger partial charge in [-0.2, -0.15) is 0 Å². The zero-order chi connectivity index (χ0) is 21.3. The first kappa shape index (κ1) is 21.7. The Labute approximate surface area is 175 Å². The third kappa shape index (κ3) is 6.01. The molecule has 1 unspecified atom stereocenters. The number of hydrogen-bond donors (Lipinski definition) is 2. The Morgan fingerprint density at radius 2 is 1.67 bits per heavy atom. The Kier molecular flexibility index (Phi) is 7.75. The standard InChI is InChI=1S/C22H26FN3O4/c1-29-19-8-2-16(3-9-19)14-24-21(27)22(28)25-15-20(26-10-12-30-13-11-26)17-4-6-18(23)7-5-17/h2-9,20H,10-15H2,1H3,(H,24,27)(H,25,28). The minimum absolute atomic E-state index is 0.173. The first-order valence-electron chi connectivity index (χ1n) is 9.83. The molecule has 1 saturated heterocycles. The molecule has 0 spiro atoms. The van der Waals surface area contributed by atoms with E-state index in [1.54, 1.807) is 31.4 Å². The van der Waals surface area contributed by atoms with E-state index < -0.39 is 11.8 Å². The molecule has 7 nitrogen and oxygen atoms in total. The van der Waals surface area contributed by atoms with Crippen LogP contribution in [0.3, 0.4) is 0 Å². The van der Waals surface area contributed by atoms with Crippen LogP contribution >= 0.6 is 0 Å². The van der Waals surface area contributed by atoms with Crippen LogP contribution in [-0.2, 0) is 20.9 Å². The quantitative estimate of drug-likeness (QED) is 0.672. The van der Waals surface area contributed by atoms with Crippen LogP contribution in [-0.4, -0.2) is 56.7 Å². The predicted molar refractivity (Wildman–Crippen MR) is 109 cm³/mol. The zero-order valence-corrected chi connectivity index (χ0v) is 16.9. The average molecular weight is 415 g/mol. The van der Waals surface area contributed by atoms with Crippen LogP contribution in [0.15, 0.2) is 48.5 Å². The highest BCUT2D eigenvalue weighted by molar-refractivity contribution is 6.35. The highest BCUT2D eigenvalue weighted by Crippen LogP contribution is 2.21. The lowest BCUT2D eigenvalue weighted by molar-refractivity contribution is -0.139. The number of nitrogens with zero attached hydrogens (tertiary/aromatic N) is 1. The van der Waals surface area contributed by atoms with E-state index in [0.29, 0.717) is 26.3 Å². The van der Waals surface area contributed by atoms with Crippen molar-refractivity contribution in [1.29, 1.82) is 0 Å². The molecule has 3 rings (SSSR count). The van der Waals surface area contributed by atoms with Gasteiger partial charge in [-0.15, -0.1) is 0 Å². The van der Waals surface area contributed by atoms with Gasteiger partial charge in [0.25, 0.3) is 0 Å². The summed E-state index contributed by atoms with van der Waals surface area (Å²) in [6, 6.07) is 13.2. The van der Waals surface area contributed by atoms with Crippen LogP contribution in [0.5, 0.6) is 5.75 Å². The molecule has 8 heteroatoms. The molecular formula is C22H26FN3O4. The average Bonchev–Trinajstić information content (AvgIpc) is 2.79. The fraction of sp³-hybridized carbons (Fsp3) is 0.364. The molecule has 1 atom stereocenters. The van der Waals surface area contributed by atoms with E-state index in [4.69, 9.17) is 9.47 Å². The van der Waals surface area contributed by atoms with Crippen LogP contribution < -0.4 is 15.4 Å². The number of rotatable bonds is 7. The van der Waals surface area contributed by atoms with E-state index >= 15 is 0 Å². The molecule has 2 amide bonds. The molecule has 160 valence electrons. The Bertz CT molecular complexity index is 836. The molecule has 0 bridgehead atoms. The molecule has 2 aromatic carbocycles. The van der Waals surface area contributed by atoms with Gasteiger partial charge in [0.15, 0.2) is 0 Å².